The largest absolute Gasteiger partial charge is 0.463 e. The van der Waals surface area contributed by atoms with Gasteiger partial charge in [0.05, 0.1) is 35.0 Å². The first-order chi connectivity index (χ1) is 16.1. The van der Waals surface area contributed by atoms with E-state index in [9.17, 15) is 9.18 Å². The number of aromatic nitrogens is 2. The van der Waals surface area contributed by atoms with Crippen molar-refractivity contribution in [3.8, 4) is 0 Å². The van der Waals surface area contributed by atoms with Gasteiger partial charge >= 0.3 is 5.97 Å². The van der Waals surface area contributed by atoms with Crippen LogP contribution in [0.1, 0.15) is 24.1 Å². The minimum absolute atomic E-state index is 0.245. The van der Waals surface area contributed by atoms with Crippen LogP contribution in [0.25, 0.3) is 16.7 Å². The van der Waals surface area contributed by atoms with Crippen molar-refractivity contribution >= 4 is 40.4 Å². The standard InChI is InChI=1S/C26H22FN3O2S/c1-3-32-25(31)22-23(16-8-12-18(27)13-9-16)29-26-28-20-6-4-5-7-21(20)30(26)24(22)17-10-14-19(33-2)15-11-17/h4-15,24H,3H2,1-2H3,(H,28,29)/t24-/m0/s1. The van der Waals surface area contributed by atoms with Crippen molar-refractivity contribution in [2.75, 3.05) is 18.2 Å². The average molecular weight is 460 g/mol. The maximum Gasteiger partial charge on any atom is 0.338 e. The second kappa shape index (κ2) is 8.75. The number of thioether (sulfide) groups is 1. The summed E-state index contributed by atoms with van der Waals surface area (Å²) in [6.07, 6.45) is 2.03. The highest BCUT2D eigenvalue weighted by Gasteiger charge is 2.36. The molecule has 5 nitrogen and oxygen atoms in total. The molecule has 33 heavy (non-hydrogen) atoms. The van der Waals surface area contributed by atoms with E-state index in [0.717, 1.165) is 21.5 Å². The van der Waals surface area contributed by atoms with Crippen molar-refractivity contribution in [1.29, 1.82) is 0 Å². The van der Waals surface area contributed by atoms with Crippen LogP contribution < -0.4 is 5.32 Å². The lowest BCUT2D eigenvalue weighted by Gasteiger charge is -2.31. The summed E-state index contributed by atoms with van der Waals surface area (Å²) in [7, 11) is 0. The highest BCUT2D eigenvalue weighted by atomic mass is 32.2. The maximum atomic E-state index is 13.7. The molecule has 4 aromatic rings. The number of benzene rings is 3. The third kappa shape index (κ3) is 3.78. The molecule has 1 aliphatic heterocycles. The van der Waals surface area contributed by atoms with Gasteiger partial charge in [-0.1, -0.05) is 24.3 Å². The van der Waals surface area contributed by atoms with E-state index in [1.54, 1.807) is 30.8 Å². The normalized spacial score (nSPS) is 15.3. The van der Waals surface area contributed by atoms with Crippen LogP contribution in [-0.2, 0) is 9.53 Å². The molecule has 5 rings (SSSR count). The molecular formula is C26H22FN3O2S. The lowest BCUT2D eigenvalue weighted by Crippen LogP contribution is -2.29. The molecule has 166 valence electrons. The number of anilines is 1. The van der Waals surface area contributed by atoms with Crippen molar-refractivity contribution in [1.82, 2.24) is 9.55 Å². The zero-order valence-corrected chi connectivity index (χ0v) is 19.0. The summed E-state index contributed by atoms with van der Waals surface area (Å²) < 4.78 is 21.2. The van der Waals surface area contributed by atoms with Gasteiger partial charge < -0.3 is 10.1 Å². The Morgan fingerprint density at radius 3 is 2.52 bits per heavy atom. The Labute approximate surface area is 195 Å². The van der Waals surface area contributed by atoms with E-state index in [1.165, 1.54) is 12.1 Å². The van der Waals surface area contributed by atoms with Crippen molar-refractivity contribution in [3.05, 3.63) is 95.3 Å². The van der Waals surface area contributed by atoms with Crippen LogP contribution in [0.3, 0.4) is 0 Å². The number of ether oxygens (including phenoxy) is 1. The summed E-state index contributed by atoms with van der Waals surface area (Å²) in [6, 6.07) is 21.6. The smallest absolute Gasteiger partial charge is 0.338 e. The molecule has 1 aromatic heterocycles. The second-order valence-electron chi connectivity index (χ2n) is 7.61. The number of esters is 1. The predicted molar refractivity (Wildman–Crippen MR) is 130 cm³/mol. The van der Waals surface area contributed by atoms with Gasteiger partial charge in [-0.3, -0.25) is 4.57 Å². The zero-order valence-electron chi connectivity index (χ0n) is 18.2. The fourth-order valence-corrected chi connectivity index (χ4v) is 4.62. The molecule has 0 radical (unpaired) electrons. The van der Waals surface area contributed by atoms with Crippen molar-refractivity contribution in [2.45, 2.75) is 17.9 Å². The van der Waals surface area contributed by atoms with Gasteiger partial charge in [0.15, 0.2) is 0 Å². The fourth-order valence-electron chi connectivity index (χ4n) is 4.21. The van der Waals surface area contributed by atoms with Crippen molar-refractivity contribution in [3.63, 3.8) is 0 Å². The maximum absolute atomic E-state index is 13.7. The molecule has 0 saturated heterocycles. The molecule has 0 fully saturated rings. The van der Waals surface area contributed by atoms with E-state index in [4.69, 9.17) is 9.72 Å². The van der Waals surface area contributed by atoms with Crippen LogP contribution in [0, 0.1) is 5.82 Å². The number of nitrogens with zero attached hydrogens (tertiary/aromatic N) is 2. The highest BCUT2D eigenvalue weighted by molar-refractivity contribution is 7.98. The van der Waals surface area contributed by atoms with E-state index in [2.05, 4.69) is 5.32 Å². The summed E-state index contributed by atoms with van der Waals surface area (Å²) in [4.78, 5) is 19.3. The fraction of sp³-hybridized carbons (Fsp3) is 0.154. The van der Waals surface area contributed by atoms with E-state index in [1.807, 2.05) is 59.4 Å². The number of carbonyl (C=O) groups is 1. The molecule has 0 spiro atoms. The third-order valence-electron chi connectivity index (χ3n) is 5.69. The number of hydrogen-bond donors (Lipinski definition) is 1. The number of imidazole rings is 1. The van der Waals surface area contributed by atoms with Crippen LogP contribution in [0.5, 0.6) is 0 Å². The molecule has 0 amide bonds. The lowest BCUT2D eigenvalue weighted by molar-refractivity contribution is -0.138. The molecule has 1 atom stereocenters. The van der Waals surface area contributed by atoms with Crippen molar-refractivity contribution in [2.24, 2.45) is 0 Å². The van der Waals surface area contributed by atoms with Gasteiger partial charge in [0, 0.05) is 4.90 Å². The summed E-state index contributed by atoms with van der Waals surface area (Å²) >= 11 is 1.66. The summed E-state index contributed by atoms with van der Waals surface area (Å²) in [5, 5.41) is 3.34. The molecule has 3 aromatic carbocycles. The highest BCUT2D eigenvalue weighted by Crippen LogP contribution is 2.42. The lowest BCUT2D eigenvalue weighted by atomic mass is 9.92. The monoisotopic (exact) mass is 459 g/mol. The molecule has 0 saturated carbocycles. The van der Waals surface area contributed by atoms with Gasteiger partial charge in [-0.05, 0) is 72.8 Å². The van der Waals surface area contributed by atoms with E-state index < -0.39 is 12.0 Å². The van der Waals surface area contributed by atoms with Gasteiger partial charge in [0.2, 0.25) is 5.95 Å². The molecule has 1 aliphatic rings. The topological polar surface area (TPSA) is 56.1 Å². The Morgan fingerprint density at radius 2 is 1.82 bits per heavy atom. The summed E-state index contributed by atoms with van der Waals surface area (Å²) in [5.74, 6) is -0.154. The Kier molecular flexibility index (Phi) is 5.64. The zero-order chi connectivity index (χ0) is 22.9. The quantitative estimate of drug-likeness (QED) is 0.298. The van der Waals surface area contributed by atoms with Crippen molar-refractivity contribution < 1.29 is 13.9 Å². The summed E-state index contributed by atoms with van der Waals surface area (Å²) in [6.45, 7) is 2.03. The van der Waals surface area contributed by atoms with E-state index in [-0.39, 0.29) is 12.4 Å². The Bertz CT molecular complexity index is 1360. The molecule has 0 unspecified atom stereocenters. The molecule has 0 aliphatic carbocycles. The number of halogens is 1. The average Bonchev–Trinajstić information content (AvgIpc) is 3.22. The Balaban J connectivity index is 1.80. The van der Waals surface area contributed by atoms with Crippen LogP contribution in [0.4, 0.5) is 10.3 Å². The first-order valence-corrected chi connectivity index (χ1v) is 11.9. The number of para-hydroxylation sites is 2. The number of fused-ring (bicyclic) bond motifs is 3. The third-order valence-corrected chi connectivity index (χ3v) is 6.44. The Hall–Kier alpha value is -3.58. The van der Waals surface area contributed by atoms with Gasteiger partial charge in [0.1, 0.15) is 5.82 Å². The summed E-state index contributed by atoms with van der Waals surface area (Å²) in [5.41, 5.74) is 4.35. The molecule has 7 heteroatoms. The minimum atomic E-state index is -0.469. The van der Waals surface area contributed by atoms with Gasteiger partial charge in [0.25, 0.3) is 0 Å². The van der Waals surface area contributed by atoms with E-state index >= 15 is 0 Å². The number of carbonyl (C=O) groups excluding carboxylic acids is 1. The minimum Gasteiger partial charge on any atom is -0.463 e. The second-order valence-corrected chi connectivity index (χ2v) is 8.49. The van der Waals surface area contributed by atoms with E-state index in [0.29, 0.717) is 22.8 Å². The molecule has 1 N–H and O–H groups in total. The van der Waals surface area contributed by atoms with Gasteiger partial charge in [-0.15, -0.1) is 11.8 Å². The predicted octanol–water partition coefficient (Wildman–Crippen LogP) is 5.89. The number of rotatable bonds is 5. The van der Waals surface area contributed by atoms with Gasteiger partial charge in [-0.2, -0.15) is 0 Å². The Morgan fingerprint density at radius 1 is 1.09 bits per heavy atom. The molecule has 0 bridgehead atoms. The van der Waals surface area contributed by atoms with Crippen LogP contribution in [0.15, 0.2) is 83.3 Å². The van der Waals surface area contributed by atoms with Crippen LogP contribution in [-0.4, -0.2) is 28.4 Å². The number of nitrogens with one attached hydrogen (secondary N) is 1. The van der Waals surface area contributed by atoms with Crippen LogP contribution >= 0.6 is 11.8 Å². The first-order valence-electron chi connectivity index (χ1n) is 10.7. The number of hydrogen-bond acceptors (Lipinski definition) is 5. The first kappa shape index (κ1) is 21.3. The van der Waals surface area contributed by atoms with Crippen LogP contribution in [0.2, 0.25) is 0 Å². The SMILES string of the molecule is CCOC(=O)C1=C(c2ccc(F)cc2)Nc2nc3ccccc3n2[C@H]1c1ccc(SC)cc1. The molecule has 2 heterocycles. The molecular weight excluding hydrogens is 437 g/mol. The van der Waals surface area contributed by atoms with Gasteiger partial charge in [-0.25, -0.2) is 14.2 Å².